The molecule has 1 aromatic carbocycles. The van der Waals surface area contributed by atoms with Crippen molar-refractivity contribution in [1.82, 2.24) is 29.9 Å². The second kappa shape index (κ2) is 7.64. The van der Waals surface area contributed by atoms with E-state index < -0.39 is 0 Å². The Kier molecular flexibility index (Phi) is 4.80. The Balaban J connectivity index is 1.44. The zero-order valence-corrected chi connectivity index (χ0v) is 17.7. The van der Waals surface area contributed by atoms with Gasteiger partial charge in [-0.25, -0.2) is 4.98 Å². The van der Waals surface area contributed by atoms with Gasteiger partial charge in [0, 0.05) is 12.1 Å². The fourth-order valence-electron chi connectivity index (χ4n) is 4.75. The first kappa shape index (κ1) is 19.5. The number of rotatable bonds is 5. The van der Waals surface area contributed by atoms with Crippen molar-refractivity contribution >= 4 is 5.91 Å². The second-order valence-corrected chi connectivity index (χ2v) is 8.11. The van der Waals surface area contributed by atoms with Crippen LogP contribution in [0.3, 0.4) is 0 Å². The third-order valence-corrected chi connectivity index (χ3v) is 6.32. The van der Waals surface area contributed by atoms with E-state index in [1.807, 2.05) is 11.8 Å². The first-order valence-corrected chi connectivity index (χ1v) is 10.4. The number of likely N-dealkylation sites (tertiary alicyclic amines) is 1. The molecular formula is C22H24N6O3. The van der Waals surface area contributed by atoms with Gasteiger partial charge >= 0.3 is 0 Å². The SMILES string of the molecule is COc1ccc(C(=O)N2C(C)C3CC(Oc4cnc(C)cn4)C2C3)c(-n2nccn2)c1. The number of fused-ring (bicyclic) bond motifs is 2. The van der Waals surface area contributed by atoms with Crippen molar-refractivity contribution in [2.75, 3.05) is 7.11 Å². The number of ether oxygens (including phenoxy) is 2. The van der Waals surface area contributed by atoms with E-state index in [-0.39, 0.29) is 24.1 Å². The maximum absolute atomic E-state index is 13.7. The largest absolute Gasteiger partial charge is 0.497 e. The molecule has 9 nitrogen and oxygen atoms in total. The van der Waals surface area contributed by atoms with E-state index in [1.54, 1.807) is 50.1 Å². The monoisotopic (exact) mass is 420 g/mol. The van der Waals surface area contributed by atoms with Crippen molar-refractivity contribution in [2.24, 2.45) is 5.92 Å². The summed E-state index contributed by atoms with van der Waals surface area (Å²) in [6, 6.07) is 5.45. The summed E-state index contributed by atoms with van der Waals surface area (Å²) in [7, 11) is 1.59. The van der Waals surface area contributed by atoms with Crippen molar-refractivity contribution in [3.8, 4) is 17.3 Å². The first-order chi connectivity index (χ1) is 15.0. The summed E-state index contributed by atoms with van der Waals surface area (Å²) < 4.78 is 11.5. The van der Waals surface area contributed by atoms with Crippen molar-refractivity contribution in [1.29, 1.82) is 0 Å². The van der Waals surface area contributed by atoms with Crippen LogP contribution >= 0.6 is 0 Å². The van der Waals surface area contributed by atoms with Crippen LogP contribution < -0.4 is 9.47 Å². The molecule has 0 spiro atoms. The molecule has 0 N–H and O–H groups in total. The Morgan fingerprint density at radius 1 is 1.13 bits per heavy atom. The zero-order valence-electron chi connectivity index (χ0n) is 17.7. The number of methoxy groups -OCH3 is 1. The second-order valence-electron chi connectivity index (χ2n) is 8.11. The lowest BCUT2D eigenvalue weighted by Gasteiger charge is -2.38. The average Bonchev–Trinajstić information content (AvgIpc) is 3.52. The molecule has 2 aromatic heterocycles. The Morgan fingerprint density at radius 3 is 2.61 bits per heavy atom. The molecule has 5 rings (SSSR count). The minimum atomic E-state index is -0.105. The number of aryl methyl sites for hydroxylation is 1. The first-order valence-electron chi connectivity index (χ1n) is 10.4. The molecule has 31 heavy (non-hydrogen) atoms. The van der Waals surface area contributed by atoms with E-state index in [0.29, 0.717) is 28.8 Å². The van der Waals surface area contributed by atoms with Crippen molar-refractivity contribution in [3.63, 3.8) is 0 Å². The van der Waals surface area contributed by atoms with Gasteiger partial charge in [0.25, 0.3) is 5.91 Å². The number of aromatic nitrogens is 5. The van der Waals surface area contributed by atoms with Gasteiger partial charge in [-0.2, -0.15) is 15.0 Å². The maximum Gasteiger partial charge on any atom is 0.256 e. The van der Waals surface area contributed by atoms with Crippen LogP contribution in [0, 0.1) is 12.8 Å². The summed E-state index contributed by atoms with van der Waals surface area (Å²) in [5.74, 6) is 1.47. The van der Waals surface area contributed by atoms with E-state index in [1.165, 1.54) is 4.80 Å². The van der Waals surface area contributed by atoms with Gasteiger partial charge in [0.2, 0.25) is 5.88 Å². The summed E-state index contributed by atoms with van der Waals surface area (Å²) >= 11 is 0. The van der Waals surface area contributed by atoms with Crippen LogP contribution in [0.5, 0.6) is 11.6 Å². The number of carbonyl (C=O) groups excluding carboxylic acids is 1. The molecule has 1 aliphatic carbocycles. The molecule has 160 valence electrons. The van der Waals surface area contributed by atoms with Crippen LogP contribution in [0.4, 0.5) is 0 Å². The normalized spacial score (nSPS) is 24.4. The highest BCUT2D eigenvalue weighted by molar-refractivity contribution is 5.98. The van der Waals surface area contributed by atoms with Gasteiger partial charge < -0.3 is 14.4 Å². The summed E-state index contributed by atoms with van der Waals surface area (Å²) in [6.45, 7) is 4.00. The standard InChI is InChI=1S/C22H24N6O3/c1-13-11-24-21(12-23-13)31-20-9-15-8-19(20)27(14(15)2)22(29)17-5-4-16(30-3)10-18(17)28-25-6-7-26-28/h4-7,10-12,14-15,19-20H,8-9H2,1-3H3. The molecule has 3 heterocycles. The third kappa shape index (κ3) is 3.39. The fourth-order valence-corrected chi connectivity index (χ4v) is 4.75. The van der Waals surface area contributed by atoms with Crippen LogP contribution in [-0.2, 0) is 0 Å². The Hall–Kier alpha value is -3.49. The highest BCUT2D eigenvalue weighted by Gasteiger charge is 2.53. The van der Waals surface area contributed by atoms with Crippen LogP contribution in [0.2, 0.25) is 0 Å². The average molecular weight is 420 g/mol. The van der Waals surface area contributed by atoms with Crippen LogP contribution in [0.15, 0.2) is 43.0 Å². The molecule has 2 fully saturated rings. The fraction of sp³-hybridized carbons (Fsp3) is 0.409. The van der Waals surface area contributed by atoms with Gasteiger partial charge in [0.1, 0.15) is 17.5 Å². The number of carbonyl (C=O) groups is 1. The quantitative estimate of drug-likeness (QED) is 0.626. The summed E-state index contributed by atoms with van der Waals surface area (Å²) in [6.07, 6.45) is 8.22. The zero-order chi connectivity index (χ0) is 21.5. The van der Waals surface area contributed by atoms with E-state index in [2.05, 4.69) is 27.1 Å². The molecular weight excluding hydrogens is 396 g/mol. The highest BCUT2D eigenvalue weighted by Crippen LogP contribution is 2.44. The van der Waals surface area contributed by atoms with Crippen LogP contribution in [-0.4, -0.2) is 61.1 Å². The number of benzene rings is 1. The van der Waals surface area contributed by atoms with Crippen LogP contribution in [0.25, 0.3) is 5.69 Å². The number of nitrogens with zero attached hydrogens (tertiary/aromatic N) is 6. The van der Waals surface area contributed by atoms with E-state index >= 15 is 0 Å². The molecule has 2 aliphatic rings. The van der Waals surface area contributed by atoms with Gasteiger partial charge in [-0.1, -0.05) is 0 Å². The van der Waals surface area contributed by atoms with Gasteiger partial charge in [-0.3, -0.25) is 9.78 Å². The lowest BCUT2D eigenvalue weighted by molar-refractivity contribution is 0.0312. The van der Waals surface area contributed by atoms with Crippen molar-refractivity contribution in [3.05, 3.63) is 54.2 Å². The van der Waals surface area contributed by atoms with E-state index in [4.69, 9.17) is 9.47 Å². The number of amides is 1. The Morgan fingerprint density at radius 2 is 1.94 bits per heavy atom. The third-order valence-electron chi connectivity index (χ3n) is 6.32. The van der Waals surface area contributed by atoms with E-state index in [9.17, 15) is 4.79 Å². The molecule has 3 aromatic rings. The highest BCUT2D eigenvalue weighted by atomic mass is 16.5. The minimum absolute atomic E-state index is 0.0175. The van der Waals surface area contributed by atoms with Crippen molar-refractivity contribution < 1.29 is 14.3 Å². The lowest BCUT2D eigenvalue weighted by Crippen LogP contribution is -2.51. The smallest absolute Gasteiger partial charge is 0.256 e. The van der Waals surface area contributed by atoms with Gasteiger partial charge in [0.05, 0.1) is 49.2 Å². The lowest BCUT2D eigenvalue weighted by atomic mass is 9.98. The molecule has 2 bridgehead atoms. The number of hydrogen-bond acceptors (Lipinski definition) is 7. The summed E-state index contributed by atoms with van der Waals surface area (Å²) in [4.78, 5) is 25.7. The summed E-state index contributed by atoms with van der Waals surface area (Å²) in [5.41, 5.74) is 1.96. The van der Waals surface area contributed by atoms with Crippen molar-refractivity contribution in [2.45, 2.75) is 44.9 Å². The van der Waals surface area contributed by atoms with Gasteiger partial charge in [-0.15, -0.1) is 0 Å². The minimum Gasteiger partial charge on any atom is -0.497 e. The molecule has 9 heteroatoms. The molecule has 1 saturated carbocycles. The van der Waals surface area contributed by atoms with E-state index in [0.717, 1.165) is 18.5 Å². The molecule has 1 saturated heterocycles. The summed E-state index contributed by atoms with van der Waals surface area (Å²) in [5, 5.41) is 8.43. The van der Waals surface area contributed by atoms with Gasteiger partial charge in [0.15, 0.2) is 0 Å². The van der Waals surface area contributed by atoms with Crippen LogP contribution in [0.1, 0.15) is 35.8 Å². The number of piperidine rings is 1. The van der Waals surface area contributed by atoms with Gasteiger partial charge in [-0.05, 0) is 44.7 Å². The molecule has 1 amide bonds. The predicted octanol–water partition coefficient (Wildman–Crippen LogP) is 2.44. The Labute approximate surface area is 180 Å². The molecule has 1 aliphatic heterocycles. The maximum atomic E-state index is 13.7. The molecule has 0 radical (unpaired) electrons. The predicted molar refractivity (Wildman–Crippen MR) is 111 cm³/mol. The topological polar surface area (TPSA) is 95.3 Å². The number of hydrogen-bond donors (Lipinski definition) is 0. The molecule has 4 unspecified atom stereocenters. The Bertz CT molecular complexity index is 1090. The molecule has 4 atom stereocenters.